The molecule has 2 aromatic carbocycles. The summed E-state index contributed by atoms with van der Waals surface area (Å²) in [6, 6.07) is 15.1. The van der Waals surface area contributed by atoms with Crippen molar-refractivity contribution >= 4 is 21.8 Å². The maximum atomic E-state index is 13.3. The average molecular weight is 516 g/mol. The van der Waals surface area contributed by atoms with Crippen LogP contribution in [-0.4, -0.2) is 62.2 Å². The number of sulfonamides is 1. The number of benzene rings is 2. The number of nitrogens with one attached hydrogen (secondary N) is 1. The van der Waals surface area contributed by atoms with E-state index in [0.717, 1.165) is 31.2 Å². The third kappa shape index (κ3) is 7.30. The summed E-state index contributed by atoms with van der Waals surface area (Å²) >= 11 is 0. The molecule has 0 aromatic heterocycles. The Hall–Kier alpha value is -2.91. The Labute approximate surface area is 214 Å². The first-order valence-corrected chi connectivity index (χ1v) is 13.9. The number of hydrogen-bond acceptors (Lipinski definition) is 5. The van der Waals surface area contributed by atoms with Gasteiger partial charge in [0.25, 0.3) is 0 Å². The predicted octanol–water partition coefficient (Wildman–Crippen LogP) is 3.57. The molecule has 0 spiro atoms. The summed E-state index contributed by atoms with van der Waals surface area (Å²) in [7, 11) is -0.517. The lowest BCUT2D eigenvalue weighted by atomic mass is 10.1. The molecule has 0 bridgehead atoms. The molecule has 1 aliphatic rings. The van der Waals surface area contributed by atoms with Gasteiger partial charge in [-0.25, -0.2) is 12.7 Å². The van der Waals surface area contributed by atoms with E-state index in [9.17, 15) is 18.0 Å². The van der Waals surface area contributed by atoms with E-state index in [1.54, 1.807) is 49.3 Å². The summed E-state index contributed by atoms with van der Waals surface area (Å²) in [6.07, 6.45) is 4.62. The molecule has 1 atom stereocenters. The van der Waals surface area contributed by atoms with Crippen molar-refractivity contribution in [2.45, 2.75) is 69.0 Å². The van der Waals surface area contributed by atoms with Crippen molar-refractivity contribution in [3.63, 3.8) is 0 Å². The van der Waals surface area contributed by atoms with Crippen LogP contribution >= 0.6 is 0 Å². The van der Waals surface area contributed by atoms with Crippen LogP contribution in [0.25, 0.3) is 0 Å². The highest BCUT2D eigenvalue weighted by molar-refractivity contribution is 7.89. The fraction of sp³-hybridized carbons (Fsp3) is 0.481. The SMILES string of the molecule is COc1ccc(CN(C(=O)CCCN(C)S(=O)(=O)c2ccccc2)[C@@H](C)C(=O)NC2CCCC2)cc1. The van der Waals surface area contributed by atoms with Gasteiger partial charge in [0.05, 0.1) is 12.0 Å². The fourth-order valence-corrected chi connectivity index (χ4v) is 5.62. The number of amides is 2. The molecule has 1 saturated carbocycles. The summed E-state index contributed by atoms with van der Waals surface area (Å²) < 4.78 is 32.0. The van der Waals surface area contributed by atoms with Crippen LogP contribution in [0.2, 0.25) is 0 Å². The Balaban J connectivity index is 1.65. The second-order valence-corrected chi connectivity index (χ2v) is 11.3. The normalized spacial score (nSPS) is 15.0. The predicted molar refractivity (Wildman–Crippen MR) is 139 cm³/mol. The van der Waals surface area contributed by atoms with Crippen molar-refractivity contribution in [3.05, 3.63) is 60.2 Å². The van der Waals surface area contributed by atoms with Gasteiger partial charge in [-0.15, -0.1) is 0 Å². The Morgan fingerprint density at radius 1 is 1.06 bits per heavy atom. The zero-order valence-electron chi connectivity index (χ0n) is 21.4. The van der Waals surface area contributed by atoms with Crippen molar-refractivity contribution in [2.75, 3.05) is 20.7 Å². The molecule has 0 unspecified atom stereocenters. The van der Waals surface area contributed by atoms with E-state index >= 15 is 0 Å². The summed E-state index contributed by atoms with van der Waals surface area (Å²) in [5, 5.41) is 3.09. The van der Waals surface area contributed by atoms with Gasteiger partial charge in [0.15, 0.2) is 0 Å². The van der Waals surface area contributed by atoms with E-state index in [-0.39, 0.29) is 42.3 Å². The Morgan fingerprint density at radius 2 is 1.69 bits per heavy atom. The van der Waals surface area contributed by atoms with Gasteiger partial charge in [0.1, 0.15) is 11.8 Å². The minimum Gasteiger partial charge on any atom is -0.497 e. The molecule has 0 aliphatic heterocycles. The first kappa shape index (κ1) is 27.7. The molecule has 1 fully saturated rings. The van der Waals surface area contributed by atoms with Crippen molar-refractivity contribution in [1.82, 2.24) is 14.5 Å². The summed E-state index contributed by atoms with van der Waals surface area (Å²) in [5.74, 6) is 0.365. The van der Waals surface area contributed by atoms with Gasteiger partial charge in [0, 0.05) is 32.6 Å². The molecule has 9 heteroatoms. The van der Waals surface area contributed by atoms with Crippen molar-refractivity contribution in [3.8, 4) is 5.75 Å². The molecular weight excluding hydrogens is 478 g/mol. The van der Waals surface area contributed by atoms with Gasteiger partial charge in [-0.3, -0.25) is 9.59 Å². The summed E-state index contributed by atoms with van der Waals surface area (Å²) in [5.41, 5.74) is 0.883. The van der Waals surface area contributed by atoms with Crippen LogP contribution in [0.15, 0.2) is 59.5 Å². The van der Waals surface area contributed by atoms with E-state index in [1.807, 2.05) is 24.3 Å². The van der Waals surface area contributed by atoms with Crippen LogP contribution in [0.5, 0.6) is 5.75 Å². The highest BCUT2D eigenvalue weighted by Crippen LogP contribution is 2.20. The Morgan fingerprint density at radius 3 is 2.31 bits per heavy atom. The lowest BCUT2D eigenvalue weighted by Gasteiger charge is -2.30. The van der Waals surface area contributed by atoms with Gasteiger partial charge in [0.2, 0.25) is 21.8 Å². The maximum Gasteiger partial charge on any atom is 0.242 e. The molecule has 1 N–H and O–H groups in total. The Bertz CT molecular complexity index is 1100. The van der Waals surface area contributed by atoms with Crippen LogP contribution in [-0.2, 0) is 26.2 Å². The molecule has 2 amide bonds. The zero-order valence-corrected chi connectivity index (χ0v) is 22.2. The van der Waals surface area contributed by atoms with Crippen LogP contribution < -0.4 is 10.1 Å². The average Bonchev–Trinajstić information content (AvgIpc) is 3.40. The number of rotatable bonds is 12. The van der Waals surface area contributed by atoms with Crippen molar-refractivity contribution in [2.24, 2.45) is 0 Å². The minimum atomic E-state index is -3.62. The molecule has 1 aliphatic carbocycles. The molecule has 0 heterocycles. The van der Waals surface area contributed by atoms with Crippen molar-refractivity contribution < 1.29 is 22.7 Å². The van der Waals surface area contributed by atoms with E-state index < -0.39 is 16.1 Å². The van der Waals surface area contributed by atoms with Gasteiger partial charge >= 0.3 is 0 Å². The second kappa shape index (κ2) is 12.9. The van der Waals surface area contributed by atoms with Crippen LogP contribution in [0.4, 0.5) is 0 Å². The topological polar surface area (TPSA) is 96.0 Å². The monoisotopic (exact) mass is 515 g/mol. The van der Waals surface area contributed by atoms with E-state index in [4.69, 9.17) is 4.74 Å². The fourth-order valence-electron chi connectivity index (χ4n) is 4.39. The second-order valence-electron chi connectivity index (χ2n) is 9.28. The summed E-state index contributed by atoms with van der Waals surface area (Å²) in [6.45, 7) is 2.22. The lowest BCUT2D eigenvalue weighted by Crippen LogP contribution is -2.49. The maximum absolute atomic E-state index is 13.3. The number of methoxy groups -OCH3 is 1. The number of nitrogens with zero attached hydrogens (tertiary/aromatic N) is 2. The van der Waals surface area contributed by atoms with Crippen LogP contribution in [0, 0.1) is 0 Å². The molecule has 0 radical (unpaired) electrons. The van der Waals surface area contributed by atoms with Crippen LogP contribution in [0.1, 0.15) is 51.0 Å². The van der Waals surface area contributed by atoms with Crippen LogP contribution in [0.3, 0.4) is 0 Å². The molecule has 0 saturated heterocycles. The molecular formula is C27H37N3O5S. The lowest BCUT2D eigenvalue weighted by molar-refractivity contribution is -0.141. The molecule has 196 valence electrons. The quantitative estimate of drug-likeness (QED) is 0.466. The standard InChI is InChI=1S/C27H37N3O5S/c1-21(27(32)28-23-10-7-8-11-23)30(20-22-15-17-24(35-3)18-16-22)26(31)14-9-19-29(2)36(33,34)25-12-5-4-6-13-25/h4-6,12-13,15-18,21,23H,7-11,14,19-20H2,1-3H3,(H,28,32)/t21-/m0/s1. The first-order chi connectivity index (χ1) is 17.2. The van der Waals surface area contributed by atoms with Gasteiger partial charge in [-0.2, -0.15) is 0 Å². The summed E-state index contributed by atoms with van der Waals surface area (Å²) in [4.78, 5) is 28.1. The smallest absolute Gasteiger partial charge is 0.242 e. The number of ether oxygens (including phenoxy) is 1. The molecule has 36 heavy (non-hydrogen) atoms. The third-order valence-electron chi connectivity index (χ3n) is 6.70. The molecule has 2 aromatic rings. The Kier molecular flexibility index (Phi) is 9.89. The number of carbonyl (C=O) groups is 2. The zero-order chi connectivity index (χ0) is 26.1. The highest BCUT2D eigenvalue weighted by atomic mass is 32.2. The van der Waals surface area contributed by atoms with Gasteiger partial charge in [-0.05, 0) is 56.0 Å². The van der Waals surface area contributed by atoms with E-state index in [0.29, 0.717) is 12.2 Å². The third-order valence-corrected chi connectivity index (χ3v) is 8.57. The largest absolute Gasteiger partial charge is 0.497 e. The molecule has 3 rings (SSSR count). The van der Waals surface area contributed by atoms with Gasteiger partial charge in [-0.1, -0.05) is 43.2 Å². The van der Waals surface area contributed by atoms with E-state index in [1.165, 1.54) is 11.4 Å². The number of carbonyl (C=O) groups excluding carboxylic acids is 2. The first-order valence-electron chi connectivity index (χ1n) is 12.5. The molecule has 8 nitrogen and oxygen atoms in total. The van der Waals surface area contributed by atoms with E-state index in [2.05, 4.69) is 5.32 Å². The highest BCUT2D eigenvalue weighted by Gasteiger charge is 2.28. The van der Waals surface area contributed by atoms with Gasteiger partial charge < -0.3 is 15.0 Å². The number of hydrogen-bond donors (Lipinski definition) is 1. The van der Waals surface area contributed by atoms with Crippen molar-refractivity contribution in [1.29, 1.82) is 0 Å². The minimum absolute atomic E-state index is 0.131.